The molecule has 200 valence electrons. The van der Waals surface area contributed by atoms with E-state index in [1.165, 1.54) is 52.1 Å². The van der Waals surface area contributed by atoms with Crippen LogP contribution in [-0.4, -0.2) is 73.2 Å². The fourth-order valence-corrected chi connectivity index (χ4v) is 3.76. The van der Waals surface area contributed by atoms with Crippen molar-refractivity contribution in [3.05, 3.63) is 35.9 Å². The fraction of sp³-hybridized carbons (Fsp3) is 0.579. The lowest BCUT2D eigenvalue weighted by Crippen LogP contribution is -2.68. The summed E-state index contributed by atoms with van der Waals surface area (Å²) in [5.74, 6) is -15.4. The zero-order valence-corrected chi connectivity index (χ0v) is 20.9. The second kappa shape index (κ2) is 9.82. The molecule has 3 atom stereocenters. The Morgan fingerprint density at radius 1 is 0.971 bits per heavy atom. The number of rotatable bonds is 9. The molecule has 0 aliphatic heterocycles. The third-order valence-electron chi connectivity index (χ3n) is 5.41. The summed E-state index contributed by atoms with van der Waals surface area (Å²) in [5.41, 5.74) is -6.87. The lowest BCUT2D eigenvalue weighted by molar-refractivity contribution is -0.319. The van der Waals surface area contributed by atoms with Crippen LogP contribution in [0, 0.1) is 0 Å². The number of Topliss-reactive ketones (excluding diaryl/α,β-unsaturated/α-hetero) is 1. The van der Waals surface area contributed by atoms with Crippen LogP contribution in [0.1, 0.15) is 31.1 Å². The smallest absolute Gasteiger partial charge is 0.515 e. The van der Waals surface area contributed by atoms with Crippen LogP contribution < -0.4 is 0 Å². The van der Waals surface area contributed by atoms with Gasteiger partial charge in [-0.05, 0) is 18.1 Å². The molecule has 0 aromatic heterocycles. The molecule has 0 heterocycles. The maximum atomic E-state index is 15.1. The van der Waals surface area contributed by atoms with E-state index >= 15 is 8.78 Å². The Hall–Kier alpha value is -1.98. The number of benzene rings is 1. The lowest BCUT2D eigenvalue weighted by Gasteiger charge is -2.41. The number of aliphatic hydroxyl groups excluding tert-OH is 2. The van der Waals surface area contributed by atoms with Gasteiger partial charge in [0.15, 0.2) is 5.78 Å². The largest absolute Gasteiger partial charge is 0.523 e. The maximum absolute atomic E-state index is 15.1. The molecule has 0 aliphatic carbocycles. The highest BCUT2D eigenvalue weighted by Gasteiger charge is 2.71. The summed E-state index contributed by atoms with van der Waals surface area (Å²) >= 11 is 0. The van der Waals surface area contributed by atoms with Crippen molar-refractivity contribution in [2.45, 2.75) is 68.3 Å². The van der Waals surface area contributed by atoms with Crippen LogP contribution in [0.2, 0.25) is 18.1 Å². The highest BCUT2D eigenvalue weighted by atomic mass is 32.2. The van der Waals surface area contributed by atoms with Gasteiger partial charge >= 0.3 is 27.5 Å². The lowest BCUT2D eigenvalue weighted by atomic mass is 9.93. The average Bonchev–Trinajstić information content (AvgIpc) is 2.70. The van der Waals surface area contributed by atoms with Gasteiger partial charge in [0.25, 0.3) is 14.1 Å². The number of alkyl halides is 5. The van der Waals surface area contributed by atoms with E-state index in [-0.39, 0.29) is 0 Å². The molecule has 0 aliphatic rings. The number of carbonyl (C=O) groups is 2. The van der Waals surface area contributed by atoms with Crippen LogP contribution in [0.15, 0.2) is 30.3 Å². The van der Waals surface area contributed by atoms with Gasteiger partial charge in [-0.2, -0.15) is 30.4 Å². The van der Waals surface area contributed by atoms with Crippen molar-refractivity contribution in [3.63, 3.8) is 0 Å². The highest BCUT2D eigenvalue weighted by Crippen LogP contribution is 2.43. The van der Waals surface area contributed by atoms with Crippen molar-refractivity contribution in [2.24, 2.45) is 0 Å². The number of carbonyl (C=O) groups excluding carboxylic acids is 2. The molecule has 1 aromatic rings. The van der Waals surface area contributed by atoms with Gasteiger partial charge in [-0.1, -0.05) is 51.1 Å². The molecule has 0 saturated heterocycles. The van der Waals surface area contributed by atoms with E-state index in [9.17, 15) is 46.5 Å². The number of aliphatic hydroxyl groups is 3. The zero-order valence-electron chi connectivity index (χ0n) is 19.1. The minimum Gasteiger partial charge on any atom is -0.515 e. The molecule has 1 unspecified atom stereocenters. The van der Waals surface area contributed by atoms with Crippen LogP contribution >= 0.6 is 0 Å². The summed E-state index contributed by atoms with van der Waals surface area (Å²) in [7, 11) is -10.6. The van der Waals surface area contributed by atoms with E-state index in [2.05, 4.69) is 4.18 Å². The minimum absolute atomic E-state index is 0.466. The van der Waals surface area contributed by atoms with E-state index in [1.807, 2.05) is 0 Å². The van der Waals surface area contributed by atoms with E-state index in [4.69, 9.17) is 4.43 Å². The van der Waals surface area contributed by atoms with Crippen molar-refractivity contribution in [3.8, 4) is 0 Å². The Bertz CT molecular complexity index is 1040. The van der Waals surface area contributed by atoms with Crippen molar-refractivity contribution in [2.75, 3.05) is 0 Å². The van der Waals surface area contributed by atoms with Gasteiger partial charge < -0.3 is 19.7 Å². The van der Waals surface area contributed by atoms with E-state index < -0.39 is 70.2 Å². The van der Waals surface area contributed by atoms with Gasteiger partial charge in [0.05, 0.1) is 0 Å². The van der Waals surface area contributed by atoms with Crippen LogP contribution in [0.4, 0.5) is 22.0 Å². The normalized spacial score (nSPS) is 17.3. The van der Waals surface area contributed by atoms with Crippen molar-refractivity contribution in [1.82, 2.24) is 0 Å². The summed E-state index contributed by atoms with van der Waals surface area (Å²) in [5, 5.41) is 29.7. The molecule has 0 spiro atoms. The summed E-state index contributed by atoms with van der Waals surface area (Å²) in [6.45, 7) is 6.98. The molecule has 9 nitrogen and oxygen atoms in total. The van der Waals surface area contributed by atoms with Gasteiger partial charge in [0.2, 0.25) is 0 Å². The van der Waals surface area contributed by atoms with Gasteiger partial charge in [0.1, 0.15) is 12.2 Å². The second-order valence-electron chi connectivity index (χ2n) is 9.02. The molecule has 0 bridgehead atoms. The van der Waals surface area contributed by atoms with Crippen LogP contribution in [0.5, 0.6) is 0 Å². The Labute approximate surface area is 198 Å². The van der Waals surface area contributed by atoms with E-state index in [0.717, 1.165) is 12.1 Å². The maximum Gasteiger partial charge on any atom is 0.523 e. The molecule has 0 saturated carbocycles. The summed E-state index contributed by atoms with van der Waals surface area (Å²) in [4.78, 5) is 24.7. The summed E-state index contributed by atoms with van der Waals surface area (Å²) in [6.07, 6.45) is -6.95. The first-order chi connectivity index (χ1) is 15.4. The topological polar surface area (TPSA) is 147 Å². The third kappa shape index (κ3) is 6.24. The van der Waals surface area contributed by atoms with Crippen LogP contribution in [0.25, 0.3) is 0 Å². The Balaban J connectivity index is 3.63. The van der Waals surface area contributed by atoms with Crippen molar-refractivity contribution in [1.29, 1.82) is 0 Å². The first-order valence-electron chi connectivity index (χ1n) is 9.73. The number of hydrogen-bond donors (Lipinski definition) is 3. The molecule has 3 N–H and O–H groups in total. The van der Waals surface area contributed by atoms with Gasteiger partial charge in [-0.15, -0.1) is 0 Å². The second-order valence-corrected chi connectivity index (χ2v) is 15.3. The van der Waals surface area contributed by atoms with Crippen molar-refractivity contribution >= 4 is 30.2 Å². The zero-order chi connectivity index (χ0) is 27.8. The summed E-state index contributed by atoms with van der Waals surface area (Å²) < 4.78 is 99.9. The third-order valence-corrected chi connectivity index (χ3v) is 10.8. The Morgan fingerprint density at radius 2 is 1.43 bits per heavy atom. The summed E-state index contributed by atoms with van der Waals surface area (Å²) in [6, 6.07) is 5.87. The predicted molar refractivity (Wildman–Crippen MR) is 112 cm³/mol. The Morgan fingerprint density at radius 3 is 1.83 bits per heavy atom. The average molecular weight is 553 g/mol. The quantitative estimate of drug-likeness (QED) is 0.105. The molecule has 0 fully saturated rings. The standard InChI is InChI=1S/C19H25F5O9SSi/c1-16(2,3)35(4,5)32-15(28)17(20,21)18(29,33-34(30,31)19(22,23)24)14(27)13(26)12(25)11-9-7-6-8-10-11/h6-10,13-14,26-27,29H,1-5H3/t13?,14-,18-/m1/s1. The molecule has 0 amide bonds. The van der Waals surface area contributed by atoms with Crippen LogP contribution in [0.3, 0.4) is 0 Å². The molecular formula is C19H25F5O9SSi. The monoisotopic (exact) mass is 552 g/mol. The first kappa shape index (κ1) is 31.0. The SMILES string of the molecule is CC(C)(C)[Si](C)(C)OC(=O)C(F)(F)[C@](O)(OS(=O)(=O)C(F)(F)F)[C@H](O)C(O)C(=O)c1ccccc1. The first-order valence-corrected chi connectivity index (χ1v) is 14.0. The van der Waals surface area contributed by atoms with Crippen molar-refractivity contribution < 1.29 is 63.9 Å². The number of hydrogen-bond acceptors (Lipinski definition) is 9. The fourth-order valence-electron chi connectivity index (χ4n) is 2.23. The molecule has 35 heavy (non-hydrogen) atoms. The van der Waals surface area contributed by atoms with Crippen LogP contribution in [-0.2, 0) is 23.5 Å². The molecule has 16 heteroatoms. The number of ketones is 1. The van der Waals surface area contributed by atoms with Gasteiger partial charge in [-0.3, -0.25) is 4.79 Å². The molecule has 1 aromatic carbocycles. The number of halogens is 5. The van der Waals surface area contributed by atoms with Gasteiger partial charge in [0, 0.05) is 5.56 Å². The minimum atomic E-state index is -7.12. The van der Waals surface area contributed by atoms with Gasteiger partial charge in [-0.25, -0.2) is 8.98 Å². The molecule has 0 radical (unpaired) electrons. The highest BCUT2D eigenvalue weighted by molar-refractivity contribution is 7.87. The Kier molecular flexibility index (Phi) is 8.71. The van der Waals surface area contributed by atoms with E-state index in [0.29, 0.717) is 0 Å². The predicted octanol–water partition coefficient (Wildman–Crippen LogP) is 2.33. The molecule has 1 rings (SSSR count). The van der Waals surface area contributed by atoms with E-state index in [1.54, 1.807) is 0 Å². The molecular weight excluding hydrogens is 527 g/mol.